The second-order valence-electron chi connectivity index (χ2n) is 6.03. The summed E-state index contributed by atoms with van der Waals surface area (Å²) in [6, 6.07) is 9.28. The number of amides is 1. The highest BCUT2D eigenvalue weighted by Crippen LogP contribution is 2.30. The molecular weight excluding hydrogens is 396 g/mol. The van der Waals surface area contributed by atoms with Crippen LogP contribution in [0.15, 0.2) is 40.9 Å². The molecule has 1 amide bonds. The van der Waals surface area contributed by atoms with E-state index in [4.69, 9.17) is 9.47 Å². The molecule has 1 aromatic carbocycles. The van der Waals surface area contributed by atoms with Crippen molar-refractivity contribution in [2.24, 2.45) is 7.05 Å². The van der Waals surface area contributed by atoms with Crippen molar-refractivity contribution in [3.8, 4) is 22.2 Å². The maximum Gasteiger partial charge on any atom is 0.230 e. The number of rotatable bonds is 8. The van der Waals surface area contributed by atoms with Crippen molar-refractivity contribution in [2.45, 2.75) is 18.1 Å². The molecule has 0 bridgehead atoms. The fourth-order valence-corrected chi connectivity index (χ4v) is 4.20. The Morgan fingerprint density at radius 1 is 1.29 bits per heavy atom. The van der Waals surface area contributed by atoms with E-state index in [0.717, 1.165) is 16.3 Å². The molecule has 0 aliphatic carbocycles. The van der Waals surface area contributed by atoms with Crippen LogP contribution < -0.4 is 14.8 Å². The van der Waals surface area contributed by atoms with Gasteiger partial charge in [-0.15, -0.1) is 21.5 Å². The maximum atomic E-state index is 12.4. The van der Waals surface area contributed by atoms with Gasteiger partial charge >= 0.3 is 0 Å². The molecule has 2 aromatic heterocycles. The van der Waals surface area contributed by atoms with E-state index in [9.17, 15) is 4.79 Å². The third-order valence-corrected chi connectivity index (χ3v) is 6.08. The third kappa shape index (κ3) is 4.48. The van der Waals surface area contributed by atoms with Crippen LogP contribution in [0.3, 0.4) is 0 Å². The first kappa shape index (κ1) is 20.2. The average molecular weight is 419 g/mol. The predicted octanol–water partition coefficient (Wildman–Crippen LogP) is 3.53. The normalized spacial score (nSPS) is 11.9. The molecule has 0 saturated carbocycles. The third-order valence-electron chi connectivity index (χ3n) is 4.19. The zero-order chi connectivity index (χ0) is 20.1. The Balaban J connectivity index is 1.62. The zero-order valence-corrected chi connectivity index (χ0v) is 17.8. The number of carbonyl (C=O) groups is 1. The van der Waals surface area contributed by atoms with E-state index < -0.39 is 0 Å². The molecule has 28 heavy (non-hydrogen) atoms. The number of nitrogens with zero attached hydrogens (tertiary/aromatic N) is 3. The number of carbonyl (C=O) groups excluding carboxylic acids is 1. The van der Waals surface area contributed by atoms with Gasteiger partial charge in [-0.25, -0.2) is 0 Å². The first-order valence-electron chi connectivity index (χ1n) is 8.60. The lowest BCUT2D eigenvalue weighted by Gasteiger charge is -2.18. The molecule has 0 saturated heterocycles. The summed E-state index contributed by atoms with van der Waals surface area (Å²) < 4.78 is 12.6. The summed E-state index contributed by atoms with van der Waals surface area (Å²) in [7, 11) is 5.12. The lowest BCUT2D eigenvalue weighted by atomic mass is 10.1. The van der Waals surface area contributed by atoms with Crippen LogP contribution in [0.5, 0.6) is 11.5 Å². The van der Waals surface area contributed by atoms with Crippen LogP contribution in [0.2, 0.25) is 0 Å². The monoisotopic (exact) mass is 418 g/mol. The molecular formula is C19H22N4O3S2. The quantitative estimate of drug-likeness (QED) is 0.564. The first-order valence-corrected chi connectivity index (χ1v) is 10.5. The van der Waals surface area contributed by atoms with E-state index in [-0.39, 0.29) is 17.7 Å². The van der Waals surface area contributed by atoms with Crippen LogP contribution in [0, 0.1) is 0 Å². The van der Waals surface area contributed by atoms with Gasteiger partial charge in [-0.2, -0.15) is 0 Å². The first-order chi connectivity index (χ1) is 13.5. The highest BCUT2D eigenvalue weighted by Gasteiger charge is 2.17. The number of ether oxygens (including phenoxy) is 2. The maximum absolute atomic E-state index is 12.4. The largest absolute Gasteiger partial charge is 0.497 e. The van der Waals surface area contributed by atoms with Crippen molar-refractivity contribution < 1.29 is 14.3 Å². The van der Waals surface area contributed by atoms with Crippen molar-refractivity contribution in [2.75, 3.05) is 20.0 Å². The molecule has 3 rings (SSSR count). The van der Waals surface area contributed by atoms with Crippen molar-refractivity contribution in [1.29, 1.82) is 0 Å². The molecule has 0 aliphatic heterocycles. The Labute approximate surface area is 172 Å². The standard InChI is InChI=1S/C19H22N4O3S2/c1-12(14-10-13(25-3)7-8-15(14)26-4)20-17(24)11-28-19-22-21-18(23(19)2)16-6-5-9-27-16/h5-10,12H,11H2,1-4H3,(H,20,24). The van der Waals surface area contributed by atoms with Crippen LogP contribution in [0.1, 0.15) is 18.5 Å². The summed E-state index contributed by atoms with van der Waals surface area (Å²) in [5.74, 6) is 2.37. The molecule has 2 heterocycles. The summed E-state index contributed by atoms with van der Waals surface area (Å²) in [6.07, 6.45) is 0. The molecule has 1 atom stereocenters. The van der Waals surface area contributed by atoms with Crippen LogP contribution in [-0.2, 0) is 11.8 Å². The minimum atomic E-state index is -0.223. The number of hydrogen-bond donors (Lipinski definition) is 1. The van der Waals surface area contributed by atoms with Gasteiger partial charge in [0.2, 0.25) is 5.91 Å². The van der Waals surface area contributed by atoms with Crippen molar-refractivity contribution in [1.82, 2.24) is 20.1 Å². The summed E-state index contributed by atoms with van der Waals surface area (Å²) in [5.41, 5.74) is 0.860. The molecule has 3 aromatic rings. The van der Waals surface area contributed by atoms with Gasteiger partial charge in [-0.3, -0.25) is 4.79 Å². The summed E-state index contributed by atoms with van der Waals surface area (Å²) in [6.45, 7) is 1.91. The number of nitrogens with one attached hydrogen (secondary N) is 1. The van der Waals surface area contributed by atoms with Gasteiger partial charge in [0.1, 0.15) is 11.5 Å². The van der Waals surface area contributed by atoms with Crippen molar-refractivity contribution in [3.63, 3.8) is 0 Å². The van der Waals surface area contributed by atoms with E-state index >= 15 is 0 Å². The Kier molecular flexibility index (Phi) is 6.58. The molecule has 0 fully saturated rings. The van der Waals surface area contributed by atoms with E-state index in [1.165, 1.54) is 11.8 Å². The molecule has 148 valence electrons. The van der Waals surface area contributed by atoms with Crippen molar-refractivity contribution in [3.05, 3.63) is 41.3 Å². The lowest BCUT2D eigenvalue weighted by molar-refractivity contribution is -0.119. The molecule has 1 unspecified atom stereocenters. The number of benzene rings is 1. The fraction of sp³-hybridized carbons (Fsp3) is 0.316. The smallest absolute Gasteiger partial charge is 0.230 e. The Morgan fingerprint density at radius 2 is 2.11 bits per heavy atom. The molecule has 0 radical (unpaired) electrons. The topological polar surface area (TPSA) is 78.3 Å². The lowest BCUT2D eigenvalue weighted by Crippen LogP contribution is -2.28. The molecule has 0 aliphatic rings. The number of thioether (sulfide) groups is 1. The molecule has 7 nitrogen and oxygen atoms in total. The van der Waals surface area contributed by atoms with Gasteiger partial charge < -0.3 is 19.4 Å². The molecule has 0 spiro atoms. The second kappa shape index (κ2) is 9.11. The van der Waals surface area contributed by atoms with E-state index in [0.29, 0.717) is 16.7 Å². The van der Waals surface area contributed by atoms with E-state index in [1.54, 1.807) is 25.6 Å². The van der Waals surface area contributed by atoms with Gasteiger partial charge in [0.05, 0.1) is 30.9 Å². The zero-order valence-electron chi connectivity index (χ0n) is 16.1. The van der Waals surface area contributed by atoms with Gasteiger partial charge in [0.15, 0.2) is 11.0 Å². The molecule has 1 N–H and O–H groups in total. The van der Waals surface area contributed by atoms with Gasteiger partial charge in [0.25, 0.3) is 0 Å². The SMILES string of the molecule is COc1ccc(OC)c(C(C)NC(=O)CSc2nnc(-c3cccs3)n2C)c1. The summed E-state index contributed by atoms with van der Waals surface area (Å²) in [4.78, 5) is 13.5. The predicted molar refractivity (Wildman–Crippen MR) is 111 cm³/mol. The average Bonchev–Trinajstić information content (AvgIpc) is 3.35. The number of hydrogen-bond acceptors (Lipinski definition) is 7. The van der Waals surface area contributed by atoms with Crippen LogP contribution in [0.25, 0.3) is 10.7 Å². The summed E-state index contributed by atoms with van der Waals surface area (Å²) >= 11 is 2.96. The Morgan fingerprint density at radius 3 is 2.79 bits per heavy atom. The highest BCUT2D eigenvalue weighted by molar-refractivity contribution is 7.99. The molecule has 9 heteroatoms. The van der Waals surface area contributed by atoms with Crippen LogP contribution in [0.4, 0.5) is 0 Å². The van der Waals surface area contributed by atoms with Gasteiger partial charge in [0, 0.05) is 12.6 Å². The van der Waals surface area contributed by atoms with Crippen molar-refractivity contribution >= 4 is 29.0 Å². The minimum absolute atomic E-state index is 0.0944. The summed E-state index contributed by atoms with van der Waals surface area (Å²) in [5, 5.41) is 14.1. The van der Waals surface area contributed by atoms with E-state index in [2.05, 4.69) is 15.5 Å². The Bertz CT molecular complexity index is 941. The van der Waals surface area contributed by atoms with Gasteiger partial charge in [-0.05, 0) is 36.6 Å². The minimum Gasteiger partial charge on any atom is -0.497 e. The second-order valence-corrected chi connectivity index (χ2v) is 7.92. The number of thiophene rings is 1. The fourth-order valence-electron chi connectivity index (χ4n) is 2.73. The van der Waals surface area contributed by atoms with Gasteiger partial charge in [-0.1, -0.05) is 17.8 Å². The number of aromatic nitrogens is 3. The highest BCUT2D eigenvalue weighted by atomic mass is 32.2. The van der Waals surface area contributed by atoms with E-state index in [1.807, 2.05) is 54.3 Å². The van der Waals surface area contributed by atoms with Crippen LogP contribution in [-0.4, -0.2) is 40.6 Å². The van der Waals surface area contributed by atoms with Crippen LogP contribution >= 0.6 is 23.1 Å². The number of methoxy groups -OCH3 is 2. The Hall–Kier alpha value is -2.52.